The van der Waals surface area contributed by atoms with Crippen LogP contribution in [-0.2, 0) is 0 Å². The zero-order valence-electron chi connectivity index (χ0n) is 6.70. The van der Waals surface area contributed by atoms with Crippen LogP contribution in [0.15, 0.2) is 0 Å². The standard InChI is InChI=1S/C7H13F3O/c1-3-4-5-6(2,11)7(8,9)10/h11H,3-5H2,1-2H3/t6-/m0/s1. The summed E-state index contributed by atoms with van der Waals surface area (Å²) in [5.74, 6) is 0. The Kier molecular flexibility index (Phi) is 3.35. The predicted octanol–water partition coefficient (Wildman–Crippen LogP) is 2.49. The number of hydrogen-bond donors (Lipinski definition) is 1. The fourth-order valence-corrected chi connectivity index (χ4v) is 0.663. The van der Waals surface area contributed by atoms with E-state index in [1.165, 1.54) is 0 Å². The molecule has 0 unspecified atom stereocenters. The van der Waals surface area contributed by atoms with Crippen molar-refractivity contribution in [2.24, 2.45) is 0 Å². The van der Waals surface area contributed by atoms with Crippen molar-refractivity contribution in [2.45, 2.75) is 44.9 Å². The summed E-state index contributed by atoms with van der Waals surface area (Å²) in [5, 5.41) is 8.86. The van der Waals surface area contributed by atoms with Gasteiger partial charge >= 0.3 is 6.18 Å². The van der Waals surface area contributed by atoms with Crippen molar-refractivity contribution in [1.82, 2.24) is 0 Å². The molecule has 1 N–H and O–H groups in total. The van der Waals surface area contributed by atoms with Crippen molar-refractivity contribution in [3.05, 3.63) is 0 Å². The molecule has 0 spiro atoms. The quantitative estimate of drug-likeness (QED) is 0.689. The van der Waals surface area contributed by atoms with Crippen molar-refractivity contribution in [2.75, 3.05) is 0 Å². The van der Waals surface area contributed by atoms with Gasteiger partial charge in [-0.15, -0.1) is 0 Å². The molecule has 0 aromatic carbocycles. The summed E-state index contributed by atoms with van der Waals surface area (Å²) < 4.78 is 35.7. The van der Waals surface area contributed by atoms with Crippen LogP contribution in [0.2, 0.25) is 0 Å². The first-order valence-electron chi connectivity index (χ1n) is 3.60. The lowest BCUT2D eigenvalue weighted by atomic mass is 9.99. The first kappa shape index (κ1) is 10.8. The van der Waals surface area contributed by atoms with Crippen molar-refractivity contribution >= 4 is 0 Å². The fraction of sp³-hybridized carbons (Fsp3) is 1.00. The van der Waals surface area contributed by atoms with E-state index < -0.39 is 11.8 Å². The smallest absolute Gasteiger partial charge is 0.381 e. The Morgan fingerprint density at radius 1 is 1.27 bits per heavy atom. The number of alkyl halides is 3. The molecule has 0 heterocycles. The van der Waals surface area contributed by atoms with Crippen molar-refractivity contribution in [3.8, 4) is 0 Å². The van der Waals surface area contributed by atoms with Gasteiger partial charge in [0.2, 0.25) is 0 Å². The number of hydrogen-bond acceptors (Lipinski definition) is 1. The van der Waals surface area contributed by atoms with E-state index in [1.54, 1.807) is 6.92 Å². The molecule has 0 saturated carbocycles. The van der Waals surface area contributed by atoms with Gasteiger partial charge in [-0.2, -0.15) is 13.2 Å². The molecule has 0 fully saturated rings. The van der Waals surface area contributed by atoms with Crippen LogP contribution in [0.25, 0.3) is 0 Å². The Bertz CT molecular complexity index is 117. The lowest BCUT2D eigenvalue weighted by Crippen LogP contribution is -2.41. The summed E-state index contributed by atoms with van der Waals surface area (Å²) in [6.07, 6.45) is -3.66. The van der Waals surface area contributed by atoms with E-state index in [9.17, 15) is 13.2 Å². The van der Waals surface area contributed by atoms with Gasteiger partial charge in [-0.3, -0.25) is 0 Å². The molecule has 1 atom stereocenters. The van der Waals surface area contributed by atoms with Gasteiger partial charge in [0, 0.05) is 0 Å². The lowest BCUT2D eigenvalue weighted by Gasteiger charge is -2.25. The van der Waals surface area contributed by atoms with Gasteiger partial charge < -0.3 is 5.11 Å². The zero-order chi connectivity index (χ0) is 9.12. The highest BCUT2D eigenvalue weighted by Crippen LogP contribution is 2.33. The van der Waals surface area contributed by atoms with E-state index in [4.69, 9.17) is 5.11 Å². The summed E-state index contributed by atoms with van der Waals surface area (Å²) in [6.45, 7) is 2.59. The highest BCUT2D eigenvalue weighted by atomic mass is 19.4. The average molecular weight is 170 g/mol. The van der Waals surface area contributed by atoms with Crippen LogP contribution in [0, 0.1) is 0 Å². The molecular weight excluding hydrogens is 157 g/mol. The maximum Gasteiger partial charge on any atom is 0.416 e. The van der Waals surface area contributed by atoms with E-state index >= 15 is 0 Å². The monoisotopic (exact) mass is 170 g/mol. The van der Waals surface area contributed by atoms with Gasteiger partial charge in [0.25, 0.3) is 0 Å². The van der Waals surface area contributed by atoms with Crippen LogP contribution in [-0.4, -0.2) is 16.9 Å². The molecule has 0 aromatic rings. The van der Waals surface area contributed by atoms with Crippen LogP contribution in [0.3, 0.4) is 0 Å². The second kappa shape index (κ2) is 3.43. The normalized spacial score (nSPS) is 18.0. The fourth-order valence-electron chi connectivity index (χ4n) is 0.663. The molecule has 0 aliphatic rings. The third-order valence-electron chi connectivity index (χ3n) is 1.63. The van der Waals surface area contributed by atoms with Gasteiger partial charge in [0.15, 0.2) is 5.60 Å². The van der Waals surface area contributed by atoms with Crippen LogP contribution >= 0.6 is 0 Å². The topological polar surface area (TPSA) is 20.2 Å². The van der Waals surface area contributed by atoms with Crippen LogP contribution in [0.4, 0.5) is 13.2 Å². The van der Waals surface area contributed by atoms with E-state index in [-0.39, 0.29) is 6.42 Å². The highest BCUT2D eigenvalue weighted by molar-refractivity contribution is 4.80. The van der Waals surface area contributed by atoms with Gasteiger partial charge in [-0.25, -0.2) is 0 Å². The third kappa shape index (κ3) is 3.10. The molecule has 4 heteroatoms. The van der Waals surface area contributed by atoms with Gasteiger partial charge in [0.1, 0.15) is 0 Å². The molecule has 0 amide bonds. The Hall–Kier alpha value is -0.250. The molecule has 0 bridgehead atoms. The van der Waals surface area contributed by atoms with Crippen molar-refractivity contribution in [1.29, 1.82) is 0 Å². The lowest BCUT2D eigenvalue weighted by molar-refractivity contribution is -0.255. The van der Waals surface area contributed by atoms with Crippen LogP contribution < -0.4 is 0 Å². The number of unbranched alkanes of at least 4 members (excludes halogenated alkanes) is 1. The van der Waals surface area contributed by atoms with E-state index in [1.807, 2.05) is 0 Å². The first-order valence-corrected chi connectivity index (χ1v) is 3.60. The molecule has 0 aliphatic heterocycles. The van der Waals surface area contributed by atoms with Crippen molar-refractivity contribution in [3.63, 3.8) is 0 Å². The third-order valence-corrected chi connectivity index (χ3v) is 1.63. The van der Waals surface area contributed by atoms with Gasteiger partial charge in [-0.05, 0) is 13.3 Å². The summed E-state index contributed by atoms with van der Waals surface area (Å²) in [5.41, 5.74) is -2.51. The minimum atomic E-state index is -4.50. The SMILES string of the molecule is CCCC[C@](C)(O)C(F)(F)F. The molecule has 0 rings (SSSR count). The molecule has 68 valence electrons. The summed E-state index contributed by atoms with van der Waals surface area (Å²) >= 11 is 0. The molecule has 0 saturated heterocycles. The maximum atomic E-state index is 11.9. The Labute approximate surface area is 64.2 Å². The minimum Gasteiger partial charge on any atom is -0.381 e. The van der Waals surface area contributed by atoms with Crippen LogP contribution in [0.1, 0.15) is 33.1 Å². The maximum absolute atomic E-state index is 11.9. The molecule has 0 aromatic heterocycles. The van der Waals surface area contributed by atoms with E-state index in [2.05, 4.69) is 0 Å². The van der Waals surface area contributed by atoms with Gasteiger partial charge in [-0.1, -0.05) is 19.8 Å². The summed E-state index contributed by atoms with van der Waals surface area (Å²) in [6, 6.07) is 0. The van der Waals surface area contributed by atoms with E-state index in [0.29, 0.717) is 12.8 Å². The largest absolute Gasteiger partial charge is 0.416 e. The molecule has 0 aliphatic carbocycles. The second-order valence-corrected chi connectivity index (χ2v) is 2.88. The minimum absolute atomic E-state index is 0.215. The Morgan fingerprint density at radius 3 is 2.00 bits per heavy atom. The second-order valence-electron chi connectivity index (χ2n) is 2.88. The molecular formula is C7H13F3O. The van der Waals surface area contributed by atoms with E-state index in [0.717, 1.165) is 6.92 Å². The van der Waals surface area contributed by atoms with Crippen molar-refractivity contribution < 1.29 is 18.3 Å². The highest BCUT2D eigenvalue weighted by Gasteiger charge is 2.48. The Balaban J connectivity index is 4.00. The van der Waals surface area contributed by atoms with Gasteiger partial charge in [0.05, 0.1) is 0 Å². The number of halogens is 3. The first-order chi connectivity index (χ1) is 4.81. The van der Waals surface area contributed by atoms with Crippen LogP contribution in [0.5, 0.6) is 0 Å². The summed E-state index contributed by atoms with van der Waals surface area (Å²) in [7, 11) is 0. The molecule has 11 heavy (non-hydrogen) atoms. The predicted molar refractivity (Wildman–Crippen MR) is 36.2 cm³/mol. The number of rotatable bonds is 3. The summed E-state index contributed by atoms with van der Waals surface area (Å²) in [4.78, 5) is 0. The average Bonchev–Trinajstić information content (AvgIpc) is 1.81. The number of aliphatic hydroxyl groups is 1. The Morgan fingerprint density at radius 2 is 1.73 bits per heavy atom. The zero-order valence-corrected chi connectivity index (χ0v) is 6.70. The molecule has 1 nitrogen and oxygen atoms in total. The molecule has 0 radical (unpaired) electrons.